The van der Waals surface area contributed by atoms with Gasteiger partial charge >= 0.3 is 0 Å². The molecule has 0 saturated heterocycles. The molecule has 8 nitrogen and oxygen atoms in total. The average Bonchev–Trinajstić information content (AvgIpc) is 3.50. The highest BCUT2D eigenvalue weighted by Gasteiger charge is 2.26. The van der Waals surface area contributed by atoms with Gasteiger partial charge in [0.15, 0.2) is 0 Å². The third-order valence-corrected chi connectivity index (χ3v) is 7.90. The lowest BCUT2D eigenvalue weighted by Crippen LogP contribution is -2.25. The number of rotatable bonds is 5. The molecule has 168 valence electrons. The van der Waals surface area contributed by atoms with Crippen molar-refractivity contribution in [2.45, 2.75) is 23.3 Å². The van der Waals surface area contributed by atoms with E-state index in [9.17, 15) is 13.2 Å². The number of amides is 1. The average molecular weight is 463 g/mol. The van der Waals surface area contributed by atoms with Crippen LogP contribution in [0.4, 0.5) is 0 Å². The normalized spacial score (nSPS) is 12.0. The molecule has 0 aliphatic carbocycles. The molecule has 3 heterocycles. The van der Waals surface area contributed by atoms with E-state index < -0.39 is 9.84 Å². The van der Waals surface area contributed by atoms with Crippen LogP contribution < -0.4 is 5.32 Å². The standard InChI is InChI=1S/C24H22N4O4S/c1-15-22(33(30,31)19-7-8-21-16(11-19)9-10-32-21)12-20(27(15)2)24(29)25-13-17-5-4-6-18-14-26-28(3)23(17)18/h4-12,14H,13H2,1-3H3,(H,25,29). The molecule has 0 atom stereocenters. The molecule has 3 aromatic heterocycles. The minimum absolute atomic E-state index is 0.103. The van der Waals surface area contributed by atoms with Gasteiger partial charge in [-0.05, 0) is 42.8 Å². The number of nitrogens with one attached hydrogen (secondary N) is 1. The van der Waals surface area contributed by atoms with Crippen LogP contribution in [-0.4, -0.2) is 28.7 Å². The van der Waals surface area contributed by atoms with Gasteiger partial charge in [-0.3, -0.25) is 9.48 Å². The zero-order valence-corrected chi connectivity index (χ0v) is 19.2. The third-order valence-electron chi connectivity index (χ3n) is 6.03. The SMILES string of the molecule is Cc1c(S(=O)(=O)c2ccc3occc3c2)cc(C(=O)NCc2cccc3cnn(C)c23)n1C. The number of aromatic nitrogens is 3. The van der Waals surface area contributed by atoms with E-state index in [4.69, 9.17) is 4.42 Å². The lowest BCUT2D eigenvalue weighted by Gasteiger charge is -2.09. The van der Waals surface area contributed by atoms with Crippen LogP contribution in [0.3, 0.4) is 0 Å². The Morgan fingerprint density at radius 3 is 2.73 bits per heavy atom. The van der Waals surface area contributed by atoms with Gasteiger partial charge in [0.25, 0.3) is 5.91 Å². The van der Waals surface area contributed by atoms with Gasteiger partial charge in [0.2, 0.25) is 9.84 Å². The first-order valence-electron chi connectivity index (χ1n) is 10.3. The zero-order valence-electron chi connectivity index (χ0n) is 18.4. The molecule has 0 unspecified atom stereocenters. The summed E-state index contributed by atoms with van der Waals surface area (Å²) in [6.45, 7) is 1.98. The number of aryl methyl sites for hydroxylation is 1. The highest BCUT2D eigenvalue weighted by Crippen LogP contribution is 2.29. The molecule has 1 N–H and O–H groups in total. The number of para-hydroxylation sites is 1. The summed E-state index contributed by atoms with van der Waals surface area (Å²) in [4.78, 5) is 13.3. The van der Waals surface area contributed by atoms with Crippen molar-refractivity contribution in [3.05, 3.63) is 77.9 Å². The first-order valence-corrected chi connectivity index (χ1v) is 11.8. The summed E-state index contributed by atoms with van der Waals surface area (Å²) in [5, 5.41) is 8.87. The summed E-state index contributed by atoms with van der Waals surface area (Å²) < 4.78 is 35.4. The minimum Gasteiger partial charge on any atom is -0.464 e. The van der Waals surface area contributed by atoms with Gasteiger partial charge in [0.05, 0.1) is 27.8 Å². The summed E-state index contributed by atoms with van der Waals surface area (Å²) in [5.41, 5.74) is 3.24. The molecule has 0 radical (unpaired) electrons. The van der Waals surface area contributed by atoms with E-state index in [2.05, 4.69) is 10.4 Å². The second kappa shape index (κ2) is 7.63. The number of benzene rings is 2. The number of nitrogens with zero attached hydrogens (tertiary/aromatic N) is 3. The smallest absolute Gasteiger partial charge is 0.268 e. The van der Waals surface area contributed by atoms with Crippen LogP contribution >= 0.6 is 0 Å². The Morgan fingerprint density at radius 2 is 1.91 bits per heavy atom. The molecule has 0 fully saturated rings. The maximum Gasteiger partial charge on any atom is 0.268 e. The summed E-state index contributed by atoms with van der Waals surface area (Å²) >= 11 is 0. The Labute approximate surface area is 190 Å². The Balaban J connectivity index is 1.45. The van der Waals surface area contributed by atoms with Crippen LogP contribution in [0.5, 0.6) is 0 Å². The maximum absolute atomic E-state index is 13.4. The second-order valence-electron chi connectivity index (χ2n) is 7.97. The minimum atomic E-state index is -3.82. The summed E-state index contributed by atoms with van der Waals surface area (Å²) in [6, 6.07) is 13.7. The molecule has 0 aliphatic heterocycles. The molecule has 9 heteroatoms. The van der Waals surface area contributed by atoms with Crippen molar-refractivity contribution in [3.8, 4) is 0 Å². The quantitative estimate of drug-likeness (QED) is 0.429. The van der Waals surface area contributed by atoms with Crippen molar-refractivity contribution in [1.82, 2.24) is 19.7 Å². The largest absolute Gasteiger partial charge is 0.464 e. The number of sulfone groups is 1. The van der Waals surface area contributed by atoms with Gasteiger partial charge in [-0.1, -0.05) is 18.2 Å². The van der Waals surface area contributed by atoms with Crippen molar-refractivity contribution in [2.24, 2.45) is 14.1 Å². The highest BCUT2D eigenvalue weighted by atomic mass is 32.2. The molecule has 0 spiro atoms. The number of hydrogen-bond acceptors (Lipinski definition) is 5. The van der Waals surface area contributed by atoms with Gasteiger partial charge in [-0.15, -0.1) is 0 Å². The molecular weight excluding hydrogens is 440 g/mol. The van der Waals surface area contributed by atoms with E-state index in [-0.39, 0.29) is 21.4 Å². The number of carbonyl (C=O) groups excluding carboxylic acids is 1. The Bertz CT molecular complexity index is 1640. The van der Waals surface area contributed by atoms with Crippen LogP contribution in [0.25, 0.3) is 21.9 Å². The van der Waals surface area contributed by atoms with E-state index in [0.29, 0.717) is 23.2 Å². The molecule has 2 aromatic carbocycles. The molecular formula is C24H22N4O4S. The molecule has 33 heavy (non-hydrogen) atoms. The molecule has 5 aromatic rings. The van der Waals surface area contributed by atoms with Crippen LogP contribution in [0.2, 0.25) is 0 Å². The van der Waals surface area contributed by atoms with Gasteiger partial charge in [0, 0.05) is 37.1 Å². The summed E-state index contributed by atoms with van der Waals surface area (Å²) in [5.74, 6) is -0.355. The summed E-state index contributed by atoms with van der Waals surface area (Å²) in [7, 11) is -0.284. The van der Waals surface area contributed by atoms with Gasteiger partial charge < -0.3 is 14.3 Å². The third kappa shape index (κ3) is 3.41. The Morgan fingerprint density at radius 1 is 1.09 bits per heavy atom. The first kappa shape index (κ1) is 21.0. The Hall–Kier alpha value is -3.85. The van der Waals surface area contributed by atoms with Crippen molar-refractivity contribution in [1.29, 1.82) is 0 Å². The zero-order chi connectivity index (χ0) is 23.3. The second-order valence-corrected chi connectivity index (χ2v) is 9.89. The number of carbonyl (C=O) groups is 1. The fourth-order valence-corrected chi connectivity index (χ4v) is 5.70. The topological polar surface area (TPSA) is 99.1 Å². The molecule has 0 bridgehead atoms. The van der Waals surface area contributed by atoms with E-state index in [1.807, 2.05) is 25.2 Å². The van der Waals surface area contributed by atoms with Crippen LogP contribution in [0, 0.1) is 6.92 Å². The summed E-state index contributed by atoms with van der Waals surface area (Å²) in [6.07, 6.45) is 3.29. The van der Waals surface area contributed by atoms with E-state index in [1.165, 1.54) is 18.4 Å². The molecule has 0 saturated carbocycles. The predicted octanol–water partition coefficient (Wildman–Crippen LogP) is 3.73. The molecule has 1 amide bonds. The van der Waals surface area contributed by atoms with E-state index in [0.717, 1.165) is 16.5 Å². The first-order chi connectivity index (χ1) is 15.8. The van der Waals surface area contributed by atoms with Crippen molar-refractivity contribution < 1.29 is 17.6 Å². The molecule has 0 aliphatic rings. The maximum atomic E-state index is 13.4. The van der Waals surface area contributed by atoms with Gasteiger partial charge in [0.1, 0.15) is 11.3 Å². The van der Waals surface area contributed by atoms with Gasteiger partial charge in [-0.25, -0.2) is 8.42 Å². The number of fused-ring (bicyclic) bond motifs is 2. The van der Waals surface area contributed by atoms with Crippen LogP contribution in [0.1, 0.15) is 21.7 Å². The van der Waals surface area contributed by atoms with E-state index >= 15 is 0 Å². The fraction of sp³-hybridized carbons (Fsp3) is 0.167. The van der Waals surface area contributed by atoms with E-state index in [1.54, 1.807) is 47.6 Å². The lowest BCUT2D eigenvalue weighted by molar-refractivity contribution is 0.0942. The molecule has 5 rings (SSSR count). The lowest BCUT2D eigenvalue weighted by atomic mass is 10.1. The Kier molecular flexibility index (Phi) is 4.86. The fourth-order valence-electron chi connectivity index (χ4n) is 4.13. The number of hydrogen-bond donors (Lipinski definition) is 1. The predicted molar refractivity (Wildman–Crippen MR) is 124 cm³/mol. The van der Waals surface area contributed by atoms with Crippen molar-refractivity contribution in [2.75, 3.05) is 0 Å². The van der Waals surface area contributed by atoms with Crippen LogP contribution in [0.15, 0.2) is 75.2 Å². The van der Waals surface area contributed by atoms with Crippen molar-refractivity contribution in [3.63, 3.8) is 0 Å². The monoisotopic (exact) mass is 462 g/mol. The van der Waals surface area contributed by atoms with Gasteiger partial charge in [-0.2, -0.15) is 5.10 Å². The van der Waals surface area contributed by atoms with Crippen LogP contribution in [-0.2, 0) is 30.5 Å². The highest BCUT2D eigenvalue weighted by molar-refractivity contribution is 7.91. The van der Waals surface area contributed by atoms with Crippen molar-refractivity contribution >= 4 is 37.6 Å². The number of furan rings is 1.